The van der Waals surface area contributed by atoms with Crippen LogP contribution in [0.3, 0.4) is 0 Å². The van der Waals surface area contributed by atoms with Crippen molar-refractivity contribution in [1.29, 1.82) is 0 Å². The van der Waals surface area contributed by atoms with Crippen LogP contribution in [0.2, 0.25) is 0 Å². The molecule has 0 aromatic rings. The van der Waals surface area contributed by atoms with Gasteiger partial charge in [0.05, 0.1) is 0 Å². The van der Waals surface area contributed by atoms with Gasteiger partial charge in [0.1, 0.15) is 12.1 Å². The third kappa shape index (κ3) is 21.7. The van der Waals surface area contributed by atoms with E-state index in [-0.39, 0.29) is 38.5 Å². The summed E-state index contributed by atoms with van der Waals surface area (Å²) in [6.07, 6.45) is 11.8. The summed E-state index contributed by atoms with van der Waals surface area (Å²) < 4.78 is 0. The van der Waals surface area contributed by atoms with Crippen molar-refractivity contribution >= 4 is 35.6 Å². The molecule has 0 aromatic heterocycles. The van der Waals surface area contributed by atoms with Gasteiger partial charge in [0, 0.05) is 32.7 Å². The Morgan fingerprint density at radius 3 is 1.23 bits per heavy atom. The Kier molecular flexibility index (Phi) is 21.7. The van der Waals surface area contributed by atoms with E-state index < -0.39 is 47.7 Å². The van der Waals surface area contributed by atoms with Crippen LogP contribution in [-0.2, 0) is 28.8 Å². The first-order valence-corrected chi connectivity index (χ1v) is 14.3. The summed E-state index contributed by atoms with van der Waals surface area (Å²) in [5.41, 5.74) is 4.72. The van der Waals surface area contributed by atoms with Gasteiger partial charge in [-0.3, -0.25) is 24.6 Å². The second-order valence-electron chi connectivity index (χ2n) is 9.93. The highest BCUT2D eigenvalue weighted by Gasteiger charge is 2.24. The zero-order valence-corrected chi connectivity index (χ0v) is 23.7. The predicted molar refractivity (Wildman–Crippen MR) is 147 cm³/mol. The first kappa shape index (κ1) is 36.8. The zero-order chi connectivity index (χ0) is 30.2. The third-order valence-electron chi connectivity index (χ3n) is 6.40. The Morgan fingerprint density at radius 2 is 0.850 bits per heavy atom. The molecule has 230 valence electrons. The molecule has 2 atom stereocenters. The lowest BCUT2D eigenvalue weighted by atomic mass is 10.0. The fraction of sp³-hybridized carbons (Fsp3) is 0.778. The Morgan fingerprint density at radius 1 is 0.500 bits per heavy atom. The van der Waals surface area contributed by atoms with E-state index in [1.54, 1.807) is 0 Å². The highest BCUT2D eigenvalue weighted by atomic mass is 16.4. The van der Waals surface area contributed by atoms with Gasteiger partial charge >= 0.3 is 17.9 Å². The summed E-state index contributed by atoms with van der Waals surface area (Å²) in [5.74, 6) is -4.85. The summed E-state index contributed by atoms with van der Waals surface area (Å²) in [7, 11) is 1.48. The van der Waals surface area contributed by atoms with Gasteiger partial charge in [0.25, 0.3) is 0 Å². The lowest BCUT2D eigenvalue weighted by Crippen LogP contribution is -2.44. The van der Waals surface area contributed by atoms with Crippen LogP contribution in [0.4, 0.5) is 0 Å². The van der Waals surface area contributed by atoms with Gasteiger partial charge in [0.15, 0.2) is 0 Å². The standard InChI is InChI=1S/C27H48N4O9/c1-28-31-24(34)19-17-21(27(39)40)30-23(33)18-16-20(26(37)38)29-22(32)14-12-10-8-6-4-2-3-5-7-9-11-13-15-25(35)36/h20-21,28H,2-19H2,1H3,(H,29,32)(H,30,33)(H,31,34)(H,35,36)(H,37,38)(H,39,40)/t20-,21-/m0/s1. The molecule has 0 rings (SSSR count). The average molecular weight is 573 g/mol. The Bertz CT molecular complexity index is 792. The largest absolute Gasteiger partial charge is 0.481 e. The Balaban J connectivity index is 4.02. The first-order chi connectivity index (χ1) is 19.1. The molecule has 0 aliphatic heterocycles. The van der Waals surface area contributed by atoms with E-state index in [9.17, 15) is 39.0 Å². The van der Waals surface area contributed by atoms with Crippen molar-refractivity contribution in [3.63, 3.8) is 0 Å². The molecule has 0 unspecified atom stereocenters. The number of unbranched alkanes of at least 4 members (excludes halogenated alkanes) is 11. The molecule has 0 fully saturated rings. The molecular weight excluding hydrogens is 524 g/mol. The number of carbonyl (C=O) groups is 6. The van der Waals surface area contributed by atoms with Crippen molar-refractivity contribution in [3.05, 3.63) is 0 Å². The van der Waals surface area contributed by atoms with Gasteiger partial charge in [-0.2, -0.15) is 0 Å². The average Bonchev–Trinajstić information content (AvgIpc) is 2.88. The molecule has 13 heteroatoms. The van der Waals surface area contributed by atoms with Crippen molar-refractivity contribution in [3.8, 4) is 0 Å². The van der Waals surface area contributed by atoms with E-state index in [4.69, 9.17) is 5.11 Å². The van der Waals surface area contributed by atoms with Gasteiger partial charge < -0.3 is 26.0 Å². The molecule has 40 heavy (non-hydrogen) atoms. The van der Waals surface area contributed by atoms with Gasteiger partial charge in [-0.15, -0.1) is 0 Å². The lowest BCUT2D eigenvalue weighted by molar-refractivity contribution is -0.143. The van der Waals surface area contributed by atoms with E-state index in [0.717, 1.165) is 64.2 Å². The highest BCUT2D eigenvalue weighted by molar-refractivity contribution is 5.86. The lowest BCUT2D eigenvalue weighted by Gasteiger charge is -2.17. The van der Waals surface area contributed by atoms with Crippen LogP contribution in [0.1, 0.15) is 116 Å². The van der Waals surface area contributed by atoms with Crippen molar-refractivity contribution in [2.75, 3.05) is 7.05 Å². The molecule has 0 spiro atoms. The Labute approximate surface area is 236 Å². The summed E-state index contributed by atoms with van der Waals surface area (Å²) >= 11 is 0. The van der Waals surface area contributed by atoms with Crippen molar-refractivity contribution in [2.45, 2.75) is 128 Å². The van der Waals surface area contributed by atoms with Crippen LogP contribution in [-0.4, -0.2) is 70.1 Å². The second-order valence-corrected chi connectivity index (χ2v) is 9.93. The fourth-order valence-electron chi connectivity index (χ4n) is 4.13. The van der Waals surface area contributed by atoms with E-state index in [1.165, 1.54) is 13.5 Å². The fourth-order valence-corrected chi connectivity index (χ4v) is 4.13. The van der Waals surface area contributed by atoms with E-state index in [1.807, 2.05) is 0 Å². The number of amides is 3. The SMILES string of the molecule is CNNC(=O)CC[C@H](NC(=O)CC[C@H](NC(=O)CCCCCCCCCCCCCCC(=O)O)C(=O)O)C(=O)O. The molecule has 0 bridgehead atoms. The van der Waals surface area contributed by atoms with Crippen LogP contribution in [0.15, 0.2) is 0 Å². The summed E-state index contributed by atoms with van der Waals surface area (Å²) in [5, 5.41) is 32.0. The molecular formula is C27H48N4O9. The maximum atomic E-state index is 12.2. The number of hydrogen-bond donors (Lipinski definition) is 7. The van der Waals surface area contributed by atoms with Gasteiger partial charge in [-0.05, 0) is 25.7 Å². The maximum Gasteiger partial charge on any atom is 0.326 e. The molecule has 0 radical (unpaired) electrons. The normalized spacial score (nSPS) is 12.2. The predicted octanol–water partition coefficient (Wildman–Crippen LogP) is 2.48. The number of nitrogens with one attached hydrogen (secondary N) is 4. The third-order valence-corrected chi connectivity index (χ3v) is 6.40. The second kappa shape index (κ2) is 23.6. The molecule has 3 amide bonds. The molecule has 13 nitrogen and oxygen atoms in total. The minimum atomic E-state index is -1.31. The molecule has 0 aliphatic rings. The van der Waals surface area contributed by atoms with Crippen molar-refractivity contribution < 1.29 is 44.1 Å². The van der Waals surface area contributed by atoms with Crippen LogP contribution in [0.5, 0.6) is 0 Å². The van der Waals surface area contributed by atoms with Crippen LogP contribution < -0.4 is 21.5 Å². The number of carboxylic acids is 3. The van der Waals surface area contributed by atoms with E-state index >= 15 is 0 Å². The van der Waals surface area contributed by atoms with Crippen LogP contribution in [0.25, 0.3) is 0 Å². The van der Waals surface area contributed by atoms with Gasteiger partial charge in [-0.1, -0.05) is 64.2 Å². The molecule has 0 heterocycles. The summed E-state index contributed by atoms with van der Waals surface area (Å²) in [6.45, 7) is 0. The van der Waals surface area contributed by atoms with Crippen molar-refractivity contribution in [2.24, 2.45) is 0 Å². The number of rotatable bonds is 26. The van der Waals surface area contributed by atoms with Crippen LogP contribution in [0, 0.1) is 0 Å². The molecule has 0 aromatic carbocycles. The van der Waals surface area contributed by atoms with Gasteiger partial charge in [-0.25, -0.2) is 15.0 Å². The number of carboxylic acid groups (broad SMARTS) is 3. The minimum absolute atomic E-state index is 0.134. The van der Waals surface area contributed by atoms with Gasteiger partial charge in [0.2, 0.25) is 17.7 Å². The quantitative estimate of drug-likeness (QED) is 0.0594. The Hall–Kier alpha value is -3.22. The number of hydrogen-bond acceptors (Lipinski definition) is 7. The summed E-state index contributed by atoms with van der Waals surface area (Å²) in [4.78, 5) is 69.1. The molecule has 0 aliphatic carbocycles. The molecule has 0 saturated carbocycles. The van der Waals surface area contributed by atoms with E-state index in [0.29, 0.717) is 6.42 Å². The maximum absolute atomic E-state index is 12.2. The first-order valence-electron chi connectivity index (χ1n) is 14.3. The smallest absolute Gasteiger partial charge is 0.326 e. The van der Waals surface area contributed by atoms with Crippen LogP contribution >= 0.6 is 0 Å². The number of carbonyl (C=O) groups excluding carboxylic acids is 3. The highest BCUT2D eigenvalue weighted by Crippen LogP contribution is 2.13. The molecule has 0 saturated heterocycles. The molecule has 7 N–H and O–H groups in total. The zero-order valence-electron chi connectivity index (χ0n) is 23.7. The number of aliphatic carboxylic acids is 3. The minimum Gasteiger partial charge on any atom is -0.481 e. The monoisotopic (exact) mass is 572 g/mol. The number of hydrazine groups is 1. The van der Waals surface area contributed by atoms with Crippen molar-refractivity contribution in [1.82, 2.24) is 21.5 Å². The summed E-state index contributed by atoms with van der Waals surface area (Å²) in [6, 6.07) is -2.56. The van der Waals surface area contributed by atoms with E-state index in [2.05, 4.69) is 21.5 Å². The topological polar surface area (TPSA) is 211 Å².